The van der Waals surface area contributed by atoms with Crippen LogP contribution in [0.3, 0.4) is 0 Å². The molecular formula is C11H9ClF3N5OS. The van der Waals surface area contributed by atoms with Crippen LogP contribution in [0.4, 0.5) is 28.9 Å². The Bertz CT molecular complexity index is 698. The number of nitrogens with one attached hydrogen (secondary N) is 2. The summed E-state index contributed by atoms with van der Waals surface area (Å²) in [5.41, 5.74) is -0.0294. The molecule has 0 radical (unpaired) electrons. The summed E-state index contributed by atoms with van der Waals surface area (Å²) in [5.74, 6) is -0.0147. The van der Waals surface area contributed by atoms with Crippen molar-refractivity contribution in [2.45, 2.75) is 20.0 Å². The van der Waals surface area contributed by atoms with E-state index < -0.39 is 22.9 Å². The lowest BCUT2D eigenvalue weighted by Crippen LogP contribution is -2.22. The lowest BCUT2D eigenvalue weighted by molar-refractivity contribution is -0.140. The number of rotatable bonds is 2. The summed E-state index contributed by atoms with van der Waals surface area (Å²) in [7, 11) is 0. The third-order valence-corrected chi connectivity index (χ3v) is 3.38. The van der Waals surface area contributed by atoms with Crippen LogP contribution >= 0.6 is 22.9 Å². The second kappa shape index (κ2) is 6.05. The smallest absolute Gasteiger partial charge is 0.297 e. The summed E-state index contributed by atoms with van der Waals surface area (Å²) in [4.78, 5) is 22.8. The summed E-state index contributed by atoms with van der Waals surface area (Å²) in [6, 6.07) is 0.768. The number of carbonyl (C=O) groups excluding carboxylic acids is 1. The quantitative estimate of drug-likeness (QED) is 0.860. The number of hydrogen-bond donors (Lipinski definition) is 2. The highest BCUT2D eigenvalue weighted by Crippen LogP contribution is 2.39. The molecule has 0 aliphatic rings. The largest absolute Gasteiger partial charge is 0.436 e. The van der Waals surface area contributed by atoms with Gasteiger partial charge in [0, 0.05) is 11.4 Å². The van der Waals surface area contributed by atoms with Gasteiger partial charge in [0.25, 0.3) is 0 Å². The summed E-state index contributed by atoms with van der Waals surface area (Å²) in [6.07, 6.45) is -4.72. The molecule has 6 nitrogen and oxygen atoms in total. The fourth-order valence-corrected chi connectivity index (χ4v) is 2.61. The van der Waals surface area contributed by atoms with Crippen molar-refractivity contribution in [3.05, 3.63) is 27.6 Å². The maximum Gasteiger partial charge on any atom is 0.436 e. The van der Waals surface area contributed by atoms with Crippen LogP contribution in [-0.4, -0.2) is 21.0 Å². The van der Waals surface area contributed by atoms with E-state index in [9.17, 15) is 18.0 Å². The normalized spacial score (nSPS) is 11.4. The molecule has 0 atom stereocenters. The number of urea groups is 1. The average molecular weight is 352 g/mol. The molecule has 118 valence electrons. The van der Waals surface area contributed by atoms with Crippen LogP contribution in [0.1, 0.15) is 17.1 Å². The minimum atomic E-state index is -4.72. The van der Waals surface area contributed by atoms with Crippen LogP contribution in [0.5, 0.6) is 0 Å². The Morgan fingerprint density at radius 2 is 1.77 bits per heavy atom. The zero-order valence-corrected chi connectivity index (χ0v) is 12.8. The fraction of sp³-hybridized carbons (Fsp3) is 0.273. The van der Waals surface area contributed by atoms with Gasteiger partial charge in [-0.3, -0.25) is 10.6 Å². The van der Waals surface area contributed by atoms with Crippen molar-refractivity contribution in [3.8, 4) is 0 Å². The van der Waals surface area contributed by atoms with Crippen molar-refractivity contribution in [3.63, 3.8) is 0 Å². The van der Waals surface area contributed by atoms with Gasteiger partial charge in [-0.15, -0.1) is 0 Å². The molecule has 2 amide bonds. The molecule has 0 fully saturated rings. The Kier molecular flexibility index (Phi) is 4.52. The molecule has 2 rings (SSSR count). The first-order chi connectivity index (χ1) is 10.1. The molecule has 0 aliphatic heterocycles. The van der Waals surface area contributed by atoms with E-state index >= 15 is 0 Å². The Labute approximate surface area is 131 Å². The first-order valence-corrected chi connectivity index (χ1v) is 6.98. The summed E-state index contributed by atoms with van der Waals surface area (Å²) in [6.45, 7) is 3.39. The van der Waals surface area contributed by atoms with Gasteiger partial charge in [0.1, 0.15) is 5.00 Å². The highest BCUT2D eigenvalue weighted by atomic mass is 35.5. The molecule has 2 aromatic rings. The number of carbonyl (C=O) groups is 1. The highest BCUT2D eigenvalue weighted by Gasteiger charge is 2.38. The second-order valence-corrected chi connectivity index (χ2v) is 5.78. The summed E-state index contributed by atoms with van der Waals surface area (Å²) in [5, 5.41) is 3.80. The van der Waals surface area contributed by atoms with Crippen LogP contribution in [0.15, 0.2) is 6.07 Å². The number of hydrogen-bond acceptors (Lipinski definition) is 5. The van der Waals surface area contributed by atoms with E-state index in [-0.39, 0.29) is 10.4 Å². The minimum Gasteiger partial charge on any atom is -0.297 e. The SMILES string of the molecule is Cc1cc(C)nc(NC(=O)Nc2sc(Cl)nc2C(F)(F)F)n1. The van der Waals surface area contributed by atoms with Crippen molar-refractivity contribution in [2.75, 3.05) is 10.6 Å². The molecule has 2 N–H and O–H groups in total. The molecule has 0 saturated heterocycles. The van der Waals surface area contributed by atoms with E-state index in [4.69, 9.17) is 11.6 Å². The van der Waals surface area contributed by atoms with E-state index in [1.807, 2.05) is 5.32 Å². The zero-order valence-electron chi connectivity index (χ0n) is 11.2. The predicted molar refractivity (Wildman–Crippen MR) is 76.3 cm³/mol. The highest BCUT2D eigenvalue weighted by molar-refractivity contribution is 7.19. The lowest BCUT2D eigenvalue weighted by atomic mass is 10.4. The van der Waals surface area contributed by atoms with Crippen molar-refractivity contribution < 1.29 is 18.0 Å². The Balaban J connectivity index is 2.16. The van der Waals surface area contributed by atoms with Gasteiger partial charge in [-0.25, -0.2) is 19.7 Å². The maximum atomic E-state index is 12.7. The Morgan fingerprint density at radius 1 is 1.18 bits per heavy atom. The van der Waals surface area contributed by atoms with Crippen LogP contribution < -0.4 is 10.6 Å². The average Bonchev–Trinajstić information content (AvgIpc) is 2.68. The number of amides is 2. The van der Waals surface area contributed by atoms with Crippen LogP contribution in [0, 0.1) is 13.8 Å². The van der Waals surface area contributed by atoms with Crippen molar-refractivity contribution in [2.24, 2.45) is 0 Å². The summed E-state index contributed by atoms with van der Waals surface area (Å²) >= 11 is 5.98. The van der Waals surface area contributed by atoms with Crippen LogP contribution in [0.25, 0.3) is 0 Å². The number of anilines is 2. The molecule has 0 aromatic carbocycles. The number of thiazole rings is 1. The maximum absolute atomic E-state index is 12.7. The van der Waals surface area contributed by atoms with E-state index in [0.717, 1.165) is 0 Å². The van der Waals surface area contributed by atoms with Crippen molar-refractivity contribution in [1.82, 2.24) is 15.0 Å². The molecule has 0 aliphatic carbocycles. The molecule has 0 unspecified atom stereocenters. The first kappa shape index (κ1) is 16.4. The number of aromatic nitrogens is 3. The Morgan fingerprint density at radius 3 is 2.32 bits per heavy atom. The molecule has 0 saturated carbocycles. The number of nitrogens with zero attached hydrogens (tertiary/aromatic N) is 3. The van der Waals surface area contributed by atoms with Gasteiger partial charge in [0.2, 0.25) is 5.95 Å². The first-order valence-electron chi connectivity index (χ1n) is 5.79. The third kappa shape index (κ3) is 4.04. The Hall–Kier alpha value is -1.94. The number of halogens is 4. The van der Waals surface area contributed by atoms with Gasteiger partial charge in [-0.2, -0.15) is 13.2 Å². The fourth-order valence-electron chi connectivity index (χ4n) is 1.59. The van der Waals surface area contributed by atoms with Crippen molar-refractivity contribution in [1.29, 1.82) is 0 Å². The molecule has 22 heavy (non-hydrogen) atoms. The van der Waals surface area contributed by atoms with E-state index in [0.29, 0.717) is 22.7 Å². The van der Waals surface area contributed by atoms with E-state index in [1.54, 1.807) is 19.9 Å². The molecular weight excluding hydrogens is 343 g/mol. The van der Waals surface area contributed by atoms with Crippen LogP contribution in [-0.2, 0) is 6.18 Å². The molecule has 2 heterocycles. The molecule has 2 aromatic heterocycles. The topological polar surface area (TPSA) is 79.8 Å². The minimum absolute atomic E-state index is 0.0147. The molecule has 0 spiro atoms. The molecule has 0 bridgehead atoms. The van der Waals surface area contributed by atoms with Crippen LogP contribution in [0.2, 0.25) is 4.47 Å². The second-order valence-electron chi connectivity index (χ2n) is 4.20. The van der Waals surface area contributed by atoms with Gasteiger partial charge >= 0.3 is 12.2 Å². The number of aryl methyl sites for hydroxylation is 2. The van der Waals surface area contributed by atoms with Gasteiger partial charge in [-0.05, 0) is 19.9 Å². The number of alkyl halides is 3. The third-order valence-electron chi connectivity index (χ3n) is 2.30. The monoisotopic (exact) mass is 351 g/mol. The van der Waals surface area contributed by atoms with E-state index in [2.05, 4.69) is 20.3 Å². The predicted octanol–water partition coefficient (Wildman–Crippen LogP) is 3.87. The van der Waals surface area contributed by atoms with Gasteiger partial charge in [-0.1, -0.05) is 22.9 Å². The zero-order chi connectivity index (χ0) is 16.5. The lowest BCUT2D eigenvalue weighted by Gasteiger charge is -2.08. The summed E-state index contributed by atoms with van der Waals surface area (Å²) < 4.78 is 37.9. The van der Waals surface area contributed by atoms with Gasteiger partial charge in [0.15, 0.2) is 10.2 Å². The van der Waals surface area contributed by atoms with Gasteiger partial charge < -0.3 is 0 Å². The standard InChI is InChI=1S/C11H9ClF3N5OS/c1-4-3-5(2)17-9(16-4)20-10(21)19-7-6(11(13,14)15)18-8(12)22-7/h3H,1-2H3,(H2,16,17,19,20,21). The van der Waals surface area contributed by atoms with Crippen molar-refractivity contribution >= 4 is 39.9 Å². The molecule has 11 heteroatoms. The van der Waals surface area contributed by atoms with E-state index in [1.165, 1.54) is 0 Å². The van der Waals surface area contributed by atoms with Gasteiger partial charge in [0.05, 0.1) is 0 Å².